The molecule has 1 heterocycles. The molecule has 0 aromatic heterocycles. The van der Waals surface area contributed by atoms with Crippen LogP contribution in [0.25, 0.3) is 0 Å². The normalized spacial score (nSPS) is 14.6. The molecule has 5 nitrogen and oxygen atoms in total. The van der Waals surface area contributed by atoms with Crippen molar-refractivity contribution in [3.05, 3.63) is 23.8 Å². The lowest BCUT2D eigenvalue weighted by Crippen LogP contribution is -2.23. The number of ether oxygens (including phenoxy) is 4. The van der Waals surface area contributed by atoms with Crippen LogP contribution in [0.5, 0.6) is 11.5 Å². The third kappa shape index (κ3) is 4.09. The lowest BCUT2D eigenvalue weighted by molar-refractivity contribution is 0.0712. The van der Waals surface area contributed by atoms with E-state index in [1.807, 2.05) is 12.1 Å². The van der Waals surface area contributed by atoms with Gasteiger partial charge in [0, 0.05) is 19.7 Å². The van der Waals surface area contributed by atoms with Crippen molar-refractivity contribution in [2.75, 3.05) is 40.3 Å². The van der Waals surface area contributed by atoms with E-state index in [0.717, 1.165) is 18.0 Å². The van der Waals surface area contributed by atoms with Gasteiger partial charge >= 0.3 is 0 Å². The van der Waals surface area contributed by atoms with Crippen molar-refractivity contribution in [2.24, 2.45) is 0 Å². The fourth-order valence-corrected chi connectivity index (χ4v) is 1.89. The van der Waals surface area contributed by atoms with Gasteiger partial charge in [-0.1, -0.05) is 6.07 Å². The Hall–Kier alpha value is -1.30. The van der Waals surface area contributed by atoms with E-state index in [1.165, 1.54) is 5.56 Å². The van der Waals surface area contributed by atoms with Gasteiger partial charge in [-0.05, 0) is 24.6 Å². The Morgan fingerprint density at radius 3 is 2.89 bits per heavy atom. The van der Waals surface area contributed by atoms with E-state index in [0.29, 0.717) is 26.6 Å². The highest BCUT2D eigenvalue weighted by atomic mass is 16.7. The van der Waals surface area contributed by atoms with Gasteiger partial charge in [0.05, 0.1) is 19.8 Å². The molecule has 0 radical (unpaired) electrons. The molecule has 1 unspecified atom stereocenters. The Morgan fingerprint density at radius 1 is 1.21 bits per heavy atom. The van der Waals surface area contributed by atoms with Gasteiger partial charge < -0.3 is 24.3 Å². The second kappa shape index (κ2) is 7.33. The van der Waals surface area contributed by atoms with Crippen LogP contribution in [-0.4, -0.2) is 40.3 Å². The van der Waals surface area contributed by atoms with Crippen molar-refractivity contribution in [2.45, 2.75) is 13.0 Å². The molecule has 2 rings (SSSR count). The van der Waals surface area contributed by atoms with Crippen LogP contribution in [0.15, 0.2) is 18.2 Å². The molecule has 0 bridgehead atoms. The second-order valence-corrected chi connectivity index (χ2v) is 4.39. The minimum absolute atomic E-state index is 0.250. The number of fused-ring (bicyclic) bond motifs is 1. The predicted molar refractivity (Wildman–Crippen MR) is 71.7 cm³/mol. The van der Waals surface area contributed by atoms with Crippen molar-refractivity contribution in [1.29, 1.82) is 0 Å². The maximum atomic E-state index is 5.40. The van der Waals surface area contributed by atoms with Crippen LogP contribution in [0.4, 0.5) is 0 Å². The molecule has 1 atom stereocenters. The van der Waals surface area contributed by atoms with Crippen molar-refractivity contribution in [3.8, 4) is 11.5 Å². The van der Waals surface area contributed by atoms with Gasteiger partial charge in [-0.3, -0.25) is 0 Å². The Labute approximate surface area is 113 Å². The average molecular weight is 267 g/mol. The summed E-state index contributed by atoms with van der Waals surface area (Å²) in [4.78, 5) is 0. The smallest absolute Gasteiger partial charge is 0.231 e. The quantitative estimate of drug-likeness (QED) is 0.727. The Morgan fingerprint density at radius 2 is 2.05 bits per heavy atom. The molecule has 0 aliphatic carbocycles. The summed E-state index contributed by atoms with van der Waals surface area (Å²) in [6.07, 6.45) is 0. The third-order valence-electron chi connectivity index (χ3n) is 3.03. The van der Waals surface area contributed by atoms with Gasteiger partial charge in [0.2, 0.25) is 6.79 Å². The second-order valence-electron chi connectivity index (χ2n) is 4.39. The molecular weight excluding hydrogens is 246 g/mol. The molecule has 1 aromatic carbocycles. The highest BCUT2D eigenvalue weighted by molar-refractivity contribution is 5.45. The van der Waals surface area contributed by atoms with E-state index in [4.69, 9.17) is 18.9 Å². The highest BCUT2D eigenvalue weighted by Crippen LogP contribution is 2.33. The van der Waals surface area contributed by atoms with Crippen LogP contribution in [0.3, 0.4) is 0 Å². The lowest BCUT2D eigenvalue weighted by Gasteiger charge is -2.14. The first kappa shape index (κ1) is 14.1. The molecule has 0 spiro atoms. The van der Waals surface area contributed by atoms with Gasteiger partial charge in [-0.25, -0.2) is 0 Å². The molecule has 106 valence electrons. The van der Waals surface area contributed by atoms with Crippen LogP contribution in [-0.2, 0) is 9.47 Å². The zero-order valence-electron chi connectivity index (χ0n) is 11.5. The van der Waals surface area contributed by atoms with Crippen molar-refractivity contribution >= 4 is 0 Å². The molecule has 1 N–H and O–H groups in total. The number of hydrogen-bond acceptors (Lipinski definition) is 5. The van der Waals surface area contributed by atoms with E-state index in [-0.39, 0.29) is 6.04 Å². The Bertz CT molecular complexity index is 397. The van der Waals surface area contributed by atoms with Crippen molar-refractivity contribution < 1.29 is 18.9 Å². The van der Waals surface area contributed by atoms with Gasteiger partial charge in [-0.15, -0.1) is 0 Å². The molecule has 1 aromatic rings. The number of hydrogen-bond donors (Lipinski definition) is 1. The first-order chi connectivity index (χ1) is 9.31. The molecule has 0 saturated heterocycles. The van der Waals surface area contributed by atoms with Gasteiger partial charge in [0.1, 0.15) is 0 Å². The molecule has 0 fully saturated rings. The van der Waals surface area contributed by atoms with E-state index >= 15 is 0 Å². The van der Waals surface area contributed by atoms with E-state index in [9.17, 15) is 0 Å². The van der Waals surface area contributed by atoms with Crippen LogP contribution in [0, 0.1) is 0 Å². The van der Waals surface area contributed by atoms with Crippen LogP contribution in [0.1, 0.15) is 18.5 Å². The third-order valence-corrected chi connectivity index (χ3v) is 3.03. The summed E-state index contributed by atoms with van der Waals surface area (Å²) in [5, 5.41) is 3.40. The minimum Gasteiger partial charge on any atom is -0.454 e. The van der Waals surface area contributed by atoms with E-state index < -0.39 is 0 Å². The number of benzene rings is 1. The van der Waals surface area contributed by atoms with E-state index in [1.54, 1.807) is 7.11 Å². The number of rotatable bonds is 8. The topological polar surface area (TPSA) is 49.0 Å². The zero-order chi connectivity index (χ0) is 13.5. The summed E-state index contributed by atoms with van der Waals surface area (Å²) in [6, 6.07) is 6.27. The monoisotopic (exact) mass is 267 g/mol. The summed E-state index contributed by atoms with van der Waals surface area (Å²) < 4.78 is 21.0. The molecule has 1 aliphatic rings. The predicted octanol–water partition coefficient (Wildman–Crippen LogP) is 1.73. The van der Waals surface area contributed by atoms with Crippen LogP contribution in [0.2, 0.25) is 0 Å². The van der Waals surface area contributed by atoms with Crippen molar-refractivity contribution in [1.82, 2.24) is 5.32 Å². The van der Waals surface area contributed by atoms with E-state index in [2.05, 4.69) is 18.3 Å². The summed E-state index contributed by atoms with van der Waals surface area (Å²) in [5.41, 5.74) is 1.18. The Balaban J connectivity index is 1.72. The lowest BCUT2D eigenvalue weighted by atomic mass is 10.1. The fraction of sp³-hybridized carbons (Fsp3) is 0.571. The molecule has 5 heteroatoms. The number of nitrogens with one attached hydrogen (secondary N) is 1. The minimum atomic E-state index is 0.250. The molecule has 0 amide bonds. The molecule has 0 saturated carbocycles. The Kier molecular flexibility index (Phi) is 5.44. The zero-order valence-corrected chi connectivity index (χ0v) is 11.5. The summed E-state index contributed by atoms with van der Waals surface area (Å²) in [6.45, 7) is 5.19. The van der Waals surface area contributed by atoms with Gasteiger partial charge in [0.15, 0.2) is 11.5 Å². The van der Waals surface area contributed by atoms with Crippen molar-refractivity contribution in [3.63, 3.8) is 0 Å². The van der Waals surface area contributed by atoms with Gasteiger partial charge in [-0.2, -0.15) is 0 Å². The first-order valence-corrected chi connectivity index (χ1v) is 6.51. The maximum absolute atomic E-state index is 5.40. The molecule has 19 heavy (non-hydrogen) atoms. The van der Waals surface area contributed by atoms with Gasteiger partial charge in [0.25, 0.3) is 0 Å². The van der Waals surface area contributed by atoms with Crippen LogP contribution >= 0.6 is 0 Å². The molecular formula is C14H21NO4. The largest absolute Gasteiger partial charge is 0.454 e. The highest BCUT2D eigenvalue weighted by Gasteiger charge is 2.15. The number of methoxy groups -OCH3 is 1. The summed E-state index contributed by atoms with van der Waals surface area (Å²) in [7, 11) is 1.67. The van der Waals surface area contributed by atoms with Crippen LogP contribution < -0.4 is 14.8 Å². The summed E-state index contributed by atoms with van der Waals surface area (Å²) in [5.74, 6) is 1.64. The average Bonchev–Trinajstić information content (AvgIpc) is 2.89. The maximum Gasteiger partial charge on any atom is 0.231 e. The fourth-order valence-electron chi connectivity index (χ4n) is 1.89. The summed E-state index contributed by atoms with van der Waals surface area (Å²) >= 11 is 0. The molecule has 1 aliphatic heterocycles. The SMILES string of the molecule is COCCOCCNC(C)c1ccc2c(c1)OCO2. The first-order valence-electron chi connectivity index (χ1n) is 6.51. The standard InChI is InChI=1S/C14H21NO4/c1-11(15-5-6-17-8-7-16-2)12-3-4-13-14(9-12)19-10-18-13/h3-4,9,11,15H,5-8,10H2,1-2H3.